The van der Waals surface area contributed by atoms with Crippen LogP contribution in [0.25, 0.3) is 0 Å². The van der Waals surface area contributed by atoms with E-state index in [9.17, 15) is 26.4 Å². The van der Waals surface area contributed by atoms with E-state index in [0.717, 1.165) is 29.1 Å². The average molecular weight is 478 g/mol. The molecule has 0 atom stereocenters. The van der Waals surface area contributed by atoms with Crippen molar-refractivity contribution >= 4 is 32.4 Å². The summed E-state index contributed by atoms with van der Waals surface area (Å²) in [6.07, 6.45) is -3.55. The van der Waals surface area contributed by atoms with Gasteiger partial charge in [-0.05, 0) is 38.3 Å². The van der Waals surface area contributed by atoms with Gasteiger partial charge in [0, 0.05) is 30.0 Å². The molecule has 0 aliphatic carbocycles. The Bertz CT molecular complexity index is 1050. The molecular formula is C19H22F3N3O4S2. The Morgan fingerprint density at radius 3 is 2.58 bits per heavy atom. The molecule has 1 aromatic carbocycles. The molecule has 12 heteroatoms. The number of carbonyl (C=O) groups is 1. The van der Waals surface area contributed by atoms with Crippen molar-refractivity contribution in [2.75, 3.05) is 18.4 Å². The third-order valence-corrected chi connectivity index (χ3v) is 7.78. The summed E-state index contributed by atoms with van der Waals surface area (Å²) in [7, 11) is -4.01. The number of sulfonamides is 1. The number of carbonyl (C=O) groups excluding carboxylic acids is 1. The number of benzene rings is 1. The van der Waals surface area contributed by atoms with Gasteiger partial charge in [-0.2, -0.15) is 4.31 Å². The molecule has 0 bridgehead atoms. The van der Waals surface area contributed by atoms with Crippen molar-refractivity contribution in [1.82, 2.24) is 9.29 Å². The molecule has 31 heavy (non-hydrogen) atoms. The van der Waals surface area contributed by atoms with E-state index in [1.807, 2.05) is 13.8 Å². The first-order chi connectivity index (χ1) is 14.5. The molecule has 1 aromatic heterocycles. The topological polar surface area (TPSA) is 88.6 Å². The minimum absolute atomic E-state index is 0.0852. The van der Waals surface area contributed by atoms with Crippen LogP contribution in [-0.4, -0.2) is 43.1 Å². The third kappa shape index (κ3) is 5.74. The van der Waals surface area contributed by atoms with Gasteiger partial charge in [-0.1, -0.05) is 13.0 Å². The van der Waals surface area contributed by atoms with E-state index in [0.29, 0.717) is 18.0 Å². The van der Waals surface area contributed by atoms with Crippen molar-refractivity contribution in [1.29, 1.82) is 0 Å². The van der Waals surface area contributed by atoms with E-state index in [1.165, 1.54) is 27.8 Å². The second-order valence-electron chi connectivity index (χ2n) is 7.07. The summed E-state index contributed by atoms with van der Waals surface area (Å²) in [6.45, 7) is 4.09. The molecule has 1 saturated heterocycles. The smallest absolute Gasteiger partial charge is 0.406 e. The average Bonchev–Trinajstić information content (AvgIpc) is 3.06. The molecule has 0 unspecified atom stereocenters. The normalized spacial score (nSPS) is 16.3. The summed E-state index contributed by atoms with van der Waals surface area (Å²) in [5.74, 6) is -1.19. The number of halogens is 3. The molecule has 0 radical (unpaired) electrons. The second kappa shape index (κ2) is 9.13. The number of aromatic nitrogens is 1. The maximum Gasteiger partial charge on any atom is 0.573 e. The van der Waals surface area contributed by atoms with Crippen LogP contribution in [0.2, 0.25) is 0 Å². The standard InChI is InChI=1S/C19H22F3N3O4S2/c1-3-16-12(2)30-18(23-16)24-17(26)13-7-9-25(10-8-13)31(27,28)15-6-4-5-14(11-15)29-19(20,21)22/h4-6,11,13H,3,7-10H2,1-2H3,(H,23,24,26). The largest absolute Gasteiger partial charge is 0.573 e. The summed E-state index contributed by atoms with van der Waals surface area (Å²) in [5.41, 5.74) is 0.929. The fourth-order valence-electron chi connectivity index (χ4n) is 3.36. The van der Waals surface area contributed by atoms with Crippen molar-refractivity contribution in [2.45, 2.75) is 44.4 Å². The van der Waals surface area contributed by atoms with E-state index in [2.05, 4.69) is 15.0 Å². The molecule has 3 rings (SSSR count). The maximum absolute atomic E-state index is 12.8. The number of hydrogen-bond donors (Lipinski definition) is 1. The predicted molar refractivity (Wildman–Crippen MR) is 109 cm³/mol. The number of nitrogens with zero attached hydrogens (tertiary/aromatic N) is 2. The van der Waals surface area contributed by atoms with Crippen molar-refractivity contribution in [3.05, 3.63) is 34.8 Å². The zero-order valence-electron chi connectivity index (χ0n) is 16.9. The predicted octanol–water partition coefficient (Wildman–Crippen LogP) is 3.95. The van der Waals surface area contributed by atoms with Gasteiger partial charge < -0.3 is 10.1 Å². The lowest BCUT2D eigenvalue weighted by Crippen LogP contribution is -2.41. The first-order valence-corrected chi connectivity index (χ1v) is 11.9. The van der Waals surface area contributed by atoms with Crippen LogP contribution in [0.15, 0.2) is 29.2 Å². The molecule has 1 aliphatic heterocycles. The van der Waals surface area contributed by atoms with Gasteiger partial charge >= 0.3 is 6.36 Å². The number of piperidine rings is 1. The number of anilines is 1. The van der Waals surface area contributed by atoms with Gasteiger partial charge in [0.1, 0.15) is 5.75 Å². The Morgan fingerprint density at radius 1 is 1.32 bits per heavy atom. The van der Waals surface area contributed by atoms with Crippen LogP contribution in [0.4, 0.5) is 18.3 Å². The molecule has 0 spiro atoms. The molecule has 0 saturated carbocycles. The number of thiazole rings is 1. The van der Waals surface area contributed by atoms with Crippen molar-refractivity contribution in [2.24, 2.45) is 5.92 Å². The highest BCUT2D eigenvalue weighted by atomic mass is 32.2. The Kier molecular flexibility index (Phi) is 6.92. The van der Waals surface area contributed by atoms with Gasteiger partial charge in [-0.15, -0.1) is 24.5 Å². The minimum atomic E-state index is -4.91. The molecular weight excluding hydrogens is 455 g/mol. The first-order valence-electron chi connectivity index (χ1n) is 9.62. The quantitative estimate of drug-likeness (QED) is 0.681. The molecule has 170 valence electrons. The lowest BCUT2D eigenvalue weighted by atomic mass is 9.97. The van der Waals surface area contributed by atoms with Crippen LogP contribution in [0.3, 0.4) is 0 Å². The number of amides is 1. The summed E-state index contributed by atoms with van der Waals surface area (Å²) >= 11 is 1.40. The van der Waals surface area contributed by atoms with E-state index in [4.69, 9.17) is 0 Å². The highest BCUT2D eigenvalue weighted by molar-refractivity contribution is 7.89. The first kappa shape index (κ1) is 23.5. The lowest BCUT2D eigenvalue weighted by molar-refractivity contribution is -0.274. The molecule has 2 heterocycles. The SMILES string of the molecule is CCc1nc(NC(=O)C2CCN(S(=O)(=O)c3cccc(OC(F)(F)F)c3)CC2)sc1C. The second-order valence-corrected chi connectivity index (χ2v) is 10.2. The van der Waals surface area contributed by atoms with Gasteiger partial charge in [0.25, 0.3) is 0 Å². The van der Waals surface area contributed by atoms with Crippen LogP contribution in [0.1, 0.15) is 30.3 Å². The summed E-state index contributed by atoms with van der Waals surface area (Å²) in [5, 5.41) is 3.32. The minimum Gasteiger partial charge on any atom is -0.406 e. The molecule has 2 aromatic rings. The van der Waals surface area contributed by atoms with Gasteiger partial charge in [0.2, 0.25) is 15.9 Å². The number of rotatable bonds is 6. The van der Waals surface area contributed by atoms with Crippen molar-refractivity contribution < 1.29 is 31.1 Å². The van der Waals surface area contributed by atoms with E-state index in [1.54, 1.807) is 0 Å². The zero-order valence-corrected chi connectivity index (χ0v) is 18.5. The van der Waals surface area contributed by atoms with Gasteiger partial charge in [-0.25, -0.2) is 13.4 Å². The number of hydrogen-bond acceptors (Lipinski definition) is 6. The van der Waals surface area contributed by atoms with E-state index < -0.39 is 22.1 Å². The number of alkyl halides is 3. The van der Waals surface area contributed by atoms with Crippen LogP contribution >= 0.6 is 11.3 Å². The molecule has 1 aliphatic rings. The fourth-order valence-corrected chi connectivity index (χ4v) is 5.77. The highest BCUT2D eigenvalue weighted by Crippen LogP contribution is 2.29. The van der Waals surface area contributed by atoms with Gasteiger partial charge in [0.15, 0.2) is 5.13 Å². The number of aryl methyl sites for hydroxylation is 2. The van der Waals surface area contributed by atoms with Crippen LogP contribution in [0.5, 0.6) is 5.75 Å². The van der Waals surface area contributed by atoms with Gasteiger partial charge in [0.05, 0.1) is 10.6 Å². The fraction of sp³-hybridized carbons (Fsp3) is 0.474. The Morgan fingerprint density at radius 2 is 2.00 bits per heavy atom. The zero-order chi connectivity index (χ0) is 22.8. The van der Waals surface area contributed by atoms with Crippen LogP contribution in [0, 0.1) is 12.8 Å². The van der Waals surface area contributed by atoms with Crippen LogP contribution < -0.4 is 10.1 Å². The molecule has 7 nitrogen and oxygen atoms in total. The van der Waals surface area contributed by atoms with Gasteiger partial charge in [-0.3, -0.25) is 4.79 Å². The summed E-state index contributed by atoms with van der Waals surface area (Å²) in [4.78, 5) is 17.7. The van der Waals surface area contributed by atoms with Crippen molar-refractivity contribution in [3.63, 3.8) is 0 Å². The Hall–Kier alpha value is -2.18. The summed E-state index contributed by atoms with van der Waals surface area (Å²) < 4.78 is 67.9. The lowest BCUT2D eigenvalue weighted by Gasteiger charge is -2.30. The Labute approximate surface area is 182 Å². The monoisotopic (exact) mass is 477 g/mol. The Balaban J connectivity index is 1.63. The highest BCUT2D eigenvalue weighted by Gasteiger charge is 2.34. The van der Waals surface area contributed by atoms with E-state index >= 15 is 0 Å². The molecule has 1 amide bonds. The number of ether oxygens (including phenoxy) is 1. The molecule has 1 fully saturated rings. The molecule has 1 N–H and O–H groups in total. The van der Waals surface area contributed by atoms with Crippen molar-refractivity contribution in [3.8, 4) is 5.75 Å². The number of nitrogens with one attached hydrogen (secondary N) is 1. The summed E-state index contributed by atoms with van der Waals surface area (Å²) in [6, 6.07) is 4.29. The van der Waals surface area contributed by atoms with E-state index in [-0.39, 0.29) is 29.8 Å². The maximum atomic E-state index is 12.8. The third-order valence-electron chi connectivity index (χ3n) is 4.96. The van der Waals surface area contributed by atoms with Crippen LogP contribution in [-0.2, 0) is 21.2 Å².